The molecule has 0 heterocycles. The van der Waals surface area contributed by atoms with Crippen LogP contribution in [0, 0.1) is 0 Å². The number of hydrogen-bond donors (Lipinski definition) is 2. The van der Waals surface area contributed by atoms with E-state index in [1.54, 1.807) is 6.07 Å². The van der Waals surface area contributed by atoms with E-state index in [0.29, 0.717) is 29.3 Å². The molecule has 2 N–H and O–H groups in total. The second-order valence-corrected chi connectivity index (χ2v) is 7.57. The smallest absolute Gasteiger partial charge is 0.388 e. The summed E-state index contributed by atoms with van der Waals surface area (Å²) < 4.78 is 79.4. The molecule has 8 heteroatoms. The third kappa shape index (κ3) is 5.30. The fourth-order valence-corrected chi connectivity index (χ4v) is 3.63. The Balaban J connectivity index is 2.12. The molecule has 0 saturated heterocycles. The number of alkyl halides is 6. The van der Waals surface area contributed by atoms with Gasteiger partial charge in [-0.3, -0.25) is 0 Å². The van der Waals surface area contributed by atoms with Gasteiger partial charge in [-0.05, 0) is 83.4 Å². The number of rotatable bonds is 7. The molecule has 0 aliphatic heterocycles. The molecule has 3 aromatic rings. The van der Waals surface area contributed by atoms with Crippen molar-refractivity contribution in [2.24, 2.45) is 0 Å². The Kier molecular flexibility index (Phi) is 6.81. The number of aliphatic hydroxyl groups is 1. The zero-order chi connectivity index (χ0) is 22.8. The summed E-state index contributed by atoms with van der Waals surface area (Å²) >= 11 is 0. The van der Waals surface area contributed by atoms with Crippen LogP contribution in [0.1, 0.15) is 49.0 Å². The van der Waals surface area contributed by atoms with Crippen LogP contribution in [0.5, 0.6) is 0 Å². The maximum atomic E-state index is 13.3. The van der Waals surface area contributed by atoms with Crippen LogP contribution in [-0.4, -0.2) is 18.2 Å². The Morgan fingerprint density at radius 1 is 0.806 bits per heavy atom. The van der Waals surface area contributed by atoms with Crippen LogP contribution in [0.2, 0.25) is 0 Å². The molecule has 2 nitrogen and oxygen atoms in total. The van der Waals surface area contributed by atoms with Crippen LogP contribution < -0.4 is 5.32 Å². The third-order valence-corrected chi connectivity index (χ3v) is 5.30. The van der Waals surface area contributed by atoms with Crippen LogP contribution >= 0.6 is 0 Å². The molecule has 0 spiro atoms. The first-order chi connectivity index (χ1) is 14.5. The van der Waals surface area contributed by atoms with E-state index in [-0.39, 0.29) is 10.8 Å². The molecule has 168 valence electrons. The van der Waals surface area contributed by atoms with Crippen LogP contribution in [0.25, 0.3) is 21.5 Å². The molecule has 3 aromatic carbocycles. The summed E-state index contributed by atoms with van der Waals surface area (Å²) in [5, 5.41) is 14.6. The molecule has 0 amide bonds. The van der Waals surface area contributed by atoms with Crippen molar-refractivity contribution in [3.05, 3.63) is 59.2 Å². The SMILES string of the molecule is CCCCNCC[C@@H](O)c1cc2ccc(C(F)(F)F)cc2c2cc(C(F)(F)F)ccc12. The van der Waals surface area contributed by atoms with Gasteiger partial charge in [-0.15, -0.1) is 0 Å². The number of benzene rings is 3. The lowest BCUT2D eigenvalue weighted by molar-refractivity contribution is -0.138. The van der Waals surface area contributed by atoms with Crippen molar-refractivity contribution in [1.82, 2.24) is 5.32 Å². The predicted octanol–water partition coefficient (Wildman–Crippen LogP) is 6.84. The standard InChI is InChI=1S/C23H23F6NO/c1-2-3-9-30-10-8-21(31)20-11-14-4-5-15(22(24,25)26)12-18(14)19-13-16(23(27,28)29)6-7-17(19)20/h4-7,11-13,21,30-31H,2-3,8-10H2,1H3/t21-/m1/s1. The average Bonchev–Trinajstić information content (AvgIpc) is 2.70. The van der Waals surface area contributed by atoms with Crippen LogP contribution in [0.15, 0.2) is 42.5 Å². The molecule has 0 unspecified atom stereocenters. The third-order valence-electron chi connectivity index (χ3n) is 5.30. The number of unbranched alkanes of at least 4 members (excludes halogenated alkanes) is 1. The molecule has 0 radical (unpaired) electrons. The Hall–Kier alpha value is -2.32. The minimum absolute atomic E-state index is 0.0337. The number of fused-ring (bicyclic) bond motifs is 3. The van der Waals surface area contributed by atoms with E-state index >= 15 is 0 Å². The van der Waals surface area contributed by atoms with E-state index in [9.17, 15) is 31.4 Å². The fraction of sp³-hybridized carbons (Fsp3) is 0.391. The Labute approximate surface area is 175 Å². The number of hydrogen-bond acceptors (Lipinski definition) is 2. The molecule has 0 aromatic heterocycles. The zero-order valence-corrected chi connectivity index (χ0v) is 16.9. The minimum Gasteiger partial charge on any atom is -0.388 e. The van der Waals surface area contributed by atoms with E-state index in [1.807, 2.05) is 0 Å². The number of nitrogens with one attached hydrogen (secondary N) is 1. The highest BCUT2D eigenvalue weighted by Gasteiger charge is 2.32. The maximum Gasteiger partial charge on any atom is 0.416 e. The van der Waals surface area contributed by atoms with Gasteiger partial charge in [0, 0.05) is 0 Å². The first-order valence-corrected chi connectivity index (χ1v) is 10.1. The van der Waals surface area contributed by atoms with Crippen molar-refractivity contribution in [2.45, 2.75) is 44.6 Å². The zero-order valence-electron chi connectivity index (χ0n) is 16.9. The molecule has 0 aliphatic rings. The molecule has 3 rings (SSSR count). The molecule has 0 bridgehead atoms. The van der Waals surface area contributed by atoms with Gasteiger partial charge in [0.1, 0.15) is 0 Å². The van der Waals surface area contributed by atoms with E-state index < -0.39 is 29.6 Å². The largest absolute Gasteiger partial charge is 0.416 e. The van der Waals surface area contributed by atoms with Gasteiger partial charge in [0.05, 0.1) is 17.2 Å². The summed E-state index contributed by atoms with van der Waals surface area (Å²) in [7, 11) is 0. The van der Waals surface area contributed by atoms with E-state index in [2.05, 4.69) is 12.2 Å². The molecule has 0 saturated carbocycles. The van der Waals surface area contributed by atoms with E-state index in [4.69, 9.17) is 0 Å². The first kappa shape index (κ1) is 23.3. The monoisotopic (exact) mass is 443 g/mol. The molecule has 1 atom stereocenters. The molecule has 0 fully saturated rings. The van der Waals surface area contributed by atoms with Crippen molar-refractivity contribution in [2.75, 3.05) is 13.1 Å². The summed E-state index contributed by atoms with van der Waals surface area (Å²) in [4.78, 5) is 0. The van der Waals surface area contributed by atoms with Crippen molar-refractivity contribution < 1.29 is 31.4 Å². The van der Waals surface area contributed by atoms with Crippen molar-refractivity contribution >= 4 is 21.5 Å². The van der Waals surface area contributed by atoms with Gasteiger partial charge in [-0.2, -0.15) is 26.3 Å². The quantitative estimate of drug-likeness (QED) is 0.238. The second-order valence-electron chi connectivity index (χ2n) is 7.57. The van der Waals surface area contributed by atoms with Gasteiger partial charge in [-0.1, -0.05) is 25.5 Å². The van der Waals surface area contributed by atoms with Gasteiger partial charge < -0.3 is 10.4 Å². The van der Waals surface area contributed by atoms with Gasteiger partial charge in [0.2, 0.25) is 0 Å². The molecular weight excluding hydrogens is 420 g/mol. The summed E-state index contributed by atoms with van der Waals surface area (Å²) in [6, 6.07) is 7.51. The van der Waals surface area contributed by atoms with Gasteiger partial charge >= 0.3 is 12.4 Å². The lowest BCUT2D eigenvalue weighted by atomic mass is 9.91. The molecule has 31 heavy (non-hydrogen) atoms. The molecule has 0 aliphatic carbocycles. The van der Waals surface area contributed by atoms with E-state index in [1.165, 1.54) is 12.1 Å². The summed E-state index contributed by atoms with van der Waals surface area (Å²) in [5.74, 6) is 0. The van der Waals surface area contributed by atoms with Crippen molar-refractivity contribution in [1.29, 1.82) is 0 Å². The molecular formula is C23H23F6NO. The lowest BCUT2D eigenvalue weighted by Crippen LogP contribution is -2.18. The predicted molar refractivity (Wildman–Crippen MR) is 109 cm³/mol. The van der Waals surface area contributed by atoms with Crippen molar-refractivity contribution in [3.8, 4) is 0 Å². The minimum atomic E-state index is -4.64. The first-order valence-electron chi connectivity index (χ1n) is 10.1. The van der Waals surface area contributed by atoms with Crippen LogP contribution in [0.4, 0.5) is 26.3 Å². The van der Waals surface area contributed by atoms with Crippen LogP contribution in [0.3, 0.4) is 0 Å². The van der Waals surface area contributed by atoms with E-state index in [0.717, 1.165) is 43.7 Å². The second kappa shape index (κ2) is 9.04. The van der Waals surface area contributed by atoms with Gasteiger partial charge in [0.15, 0.2) is 0 Å². The highest BCUT2D eigenvalue weighted by atomic mass is 19.4. The van der Waals surface area contributed by atoms with Crippen molar-refractivity contribution in [3.63, 3.8) is 0 Å². The number of halogens is 6. The van der Waals surface area contributed by atoms with Gasteiger partial charge in [-0.25, -0.2) is 0 Å². The summed E-state index contributed by atoms with van der Waals surface area (Å²) in [6.07, 6.45) is -7.90. The van der Waals surface area contributed by atoms with Gasteiger partial charge in [0.25, 0.3) is 0 Å². The normalized spacial score (nSPS) is 13.8. The maximum absolute atomic E-state index is 13.3. The van der Waals surface area contributed by atoms with Crippen LogP contribution in [-0.2, 0) is 12.4 Å². The summed E-state index contributed by atoms with van der Waals surface area (Å²) in [5.41, 5.74) is -1.49. The highest BCUT2D eigenvalue weighted by Crippen LogP contribution is 2.39. The Bertz CT molecular complexity index is 1060. The topological polar surface area (TPSA) is 32.3 Å². The Morgan fingerprint density at radius 2 is 1.42 bits per heavy atom. The average molecular weight is 443 g/mol. The Morgan fingerprint density at radius 3 is 2.03 bits per heavy atom. The lowest BCUT2D eigenvalue weighted by Gasteiger charge is -2.18. The summed E-state index contributed by atoms with van der Waals surface area (Å²) in [6.45, 7) is 3.35. The fourth-order valence-electron chi connectivity index (χ4n) is 3.63. The number of aliphatic hydroxyl groups excluding tert-OH is 1. The highest BCUT2D eigenvalue weighted by molar-refractivity contribution is 6.09.